The number of nitrogens with zero attached hydrogens (tertiary/aromatic N) is 5. The lowest BCUT2D eigenvalue weighted by Gasteiger charge is -2.36. The second-order valence-electron chi connectivity index (χ2n) is 7.99. The van der Waals surface area contributed by atoms with Crippen molar-refractivity contribution in [3.63, 3.8) is 0 Å². The number of carbonyl (C=O) groups is 2. The summed E-state index contributed by atoms with van der Waals surface area (Å²) < 4.78 is 1.72. The van der Waals surface area contributed by atoms with E-state index >= 15 is 0 Å². The molecule has 1 aromatic carbocycles. The van der Waals surface area contributed by atoms with Crippen molar-refractivity contribution in [2.45, 2.75) is 26.7 Å². The lowest BCUT2D eigenvalue weighted by molar-refractivity contribution is -0.116. The van der Waals surface area contributed by atoms with Crippen LogP contribution in [0.5, 0.6) is 0 Å². The Morgan fingerprint density at radius 2 is 1.88 bits per heavy atom. The van der Waals surface area contributed by atoms with Crippen molar-refractivity contribution in [1.82, 2.24) is 19.4 Å². The van der Waals surface area contributed by atoms with Gasteiger partial charge in [0.25, 0.3) is 5.91 Å². The van der Waals surface area contributed by atoms with E-state index in [-0.39, 0.29) is 11.8 Å². The SMILES string of the molecule is CCCC(=O)Nc1ccc(-n2cnc(C(=O)N3CCN(c4cccc(C)c4)CC3)c2)nc1. The van der Waals surface area contributed by atoms with E-state index < -0.39 is 0 Å². The number of piperazine rings is 1. The van der Waals surface area contributed by atoms with E-state index in [4.69, 9.17) is 0 Å². The number of amides is 2. The fraction of sp³-hybridized carbons (Fsp3) is 0.333. The summed E-state index contributed by atoms with van der Waals surface area (Å²) in [5.74, 6) is 0.533. The van der Waals surface area contributed by atoms with Crippen LogP contribution in [0, 0.1) is 6.92 Å². The minimum atomic E-state index is -0.0731. The Balaban J connectivity index is 1.36. The zero-order chi connectivity index (χ0) is 22.5. The number of benzene rings is 1. The predicted octanol–water partition coefficient (Wildman–Crippen LogP) is 3.28. The molecule has 8 heteroatoms. The van der Waals surface area contributed by atoms with E-state index in [1.54, 1.807) is 35.4 Å². The third-order valence-corrected chi connectivity index (χ3v) is 5.51. The summed E-state index contributed by atoms with van der Waals surface area (Å²) in [5.41, 5.74) is 3.48. The zero-order valence-electron chi connectivity index (χ0n) is 18.5. The van der Waals surface area contributed by atoms with Crippen LogP contribution < -0.4 is 10.2 Å². The molecule has 2 aromatic heterocycles. The molecule has 32 heavy (non-hydrogen) atoms. The Hall–Kier alpha value is -3.68. The molecular formula is C24H28N6O2. The highest BCUT2D eigenvalue weighted by Gasteiger charge is 2.24. The summed E-state index contributed by atoms with van der Waals surface area (Å²) in [6.07, 6.45) is 6.17. The molecule has 1 N–H and O–H groups in total. The average molecular weight is 433 g/mol. The second kappa shape index (κ2) is 9.64. The van der Waals surface area contributed by atoms with Gasteiger partial charge in [0, 0.05) is 44.5 Å². The molecule has 3 aromatic rings. The molecule has 0 aliphatic carbocycles. The van der Waals surface area contributed by atoms with E-state index in [0.717, 1.165) is 19.5 Å². The summed E-state index contributed by atoms with van der Waals surface area (Å²) in [5, 5.41) is 2.82. The van der Waals surface area contributed by atoms with Crippen LogP contribution in [0.15, 0.2) is 55.1 Å². The van der Waals surface area contributed by atoms with Gasteiger partial charge in [0.05, 0.1) is 11.9 Å². The van der Waals surface area contributed by atoms with Crippen LogP contribution in [0.1, 0.15) is 35.8 Å². The quantitative estimate of drug-likeness (QED) is 0.646. The van der Waals surface area contributed by atoms with E-state index in [1.165, 1.54) is 11.3 Å². The molecule has 8 nitrogen and oxygen atoms in total. The van der Waals surface area contributed by atoms with Crippen molar-refractivity contribution in [2.24, 2.45) is 0 Å². The molecule has 0 bridgehead atoms. The molecule has 0 atom stereocenters. The molecule has 1 fully saturated rings. The van der Waals surface area contributed by atoms with Crippen LogP contribution in [-0.4, -0.2) is 57.4 Å². The standard InChI is InChI=1S/C24H28N6O2/c1-3-5-23(31)27-19-8-9-22(25-15-19)30-16-21(26-17-30)24(32)29-12-10-28(11-13-29)20-7-4-6-18(2)14-20/h4,6-9,14-17H,3,5,10-13H2,1-2H3,(H,27,31). The third kappa shape index (κ3) is 4.96. The smallest absolute Gasteiger partial charge is 0.274 e. The minimum Gasteiger partial charge on any atom is -0.368 e. The summed E-state index contributed by atoms with van der Waals surface area (Å²) >= 11 is 0. The van der Waals surface area contributed by atoms with Gasteiger partial charge in [0.15, 0.2) is 0 Å². The van der Waals surface area contributed by atoms with Crippen molar-refractivity contribution in [1.29, 1.82) is 0 Å². The zero-order valence-corrected chi connectivity index (χ0v) is 18.5. The van der Waals surface area contributed by atoms with Crippen LogP contribution in [0.4, 0.5) is 11.4 Å². The molecule has 1 aliphatic heterocycles. The molecule has 0 saturated carbocycles. The van der Waals surface area contributed by atoms with Gasteiger partial charge in [-0.05, 0) is 43.2 Å². The Bertz CT molecular complexity index is 1080. The second-order valence-corrected chi connectivity index (χ2v) is 7.99. The highest BCUT2D eigenvalue weighted by molar-refractivity contribution is 5.92. The first-order chi connectivity index (χ1) is 15.5. The predicted molar refractivity (Wildman–Crippen MR) is 124 cm³/mol. The normalized spacial score (nSPS) is 13.8. The molecule has 1 saturated heterocycles. The van der Waals surface area contributed by atoms with Crippen LogP contribution in [0.3, 0.4) is 0 Å². The van der Waals surface area contributed by atoms with Gasteiger partial charge >= 0.3 is 0 Å². The van der Waals surface area contributed by atoms with Gasteiger partial charge in [0.1, 0.15) is 17.8 Å². The maximum atomic E-state index is 12.9. The van der Waals surface area contributed by atoms with Gasteiger partial charge in [-0.3, -0.25) is 14.2 Å². The Morgan fingerprint density at radius 1 is 1.06 bits per heavy atom. The van der Waals surface area contributed by atoms with Gasteiger partial charge in [-0.2, -0.15) is 0 Å². The first-order valence-electron chi connectivity index (χ1n) is 10.9. The third-order valence-electron chi connectivity index (χ3n) is 5.51. The molecule has 0 spiro atoms. The van der Waals surface area contributed by atoms with Crippen molar-refractivity contribution in [3.05, 3.63) is 66.4 Å². The van der Waals surface area contributed by atoms with Crippen LogP contribution >= 0.6 is 0 Å². The van der Waals surface area contributed by atoms with E-state index in [0.29, 0.717) is 36.7 Å². The highest BCUT2D eigenvalue weighted by Crippen LogP contribution is 2.19. The first-order valence-corrected chi connectivity index (χ1v) is 10.9. The largest absolute Gasteiger partial charge is 0.368 e. The van der Waals surface area contributed by atoms with Gasteiger partial charge in [-0.25, -0.2) is 9.97 Å². The van der Waals surface area contributed by atoms with Crippen molar-refractivity contribution < 1.29 is 9.59 Å². The maximum absolute atomic E-state index is 12.9. The van der Waals surface area contributed by atoms with Gasteiger partial charge in [0.2, 0.25) is 5.91 Å². The van der Waals surface area contributed by atoms with Gasteiger partial charge in [-0.15, -0.1) is 0 Å². The number of imidazole rings is 1. The summed E-state index contributed by atoms with van der Waals surface area (Å²) in [6.45, 7) is 6.95. The van der Waals surface area contributed by atoms with E-state index in [2.05, 4.69) is 51.4 Å². The average Bonchev–Trinajstić information content (AvgIpc) is 3.30. The molecule has 0 radical (unpaired) electrons. The van der Waals surface area contributed by atoms with Gasteiger partial charge < -0.3 is 15.1 Å². The highest BCUT2D eigenvalue weighted by atomic mass is 16.2. The number of carbonyl (C=O) groups excluding carboxylic acids is 2. The number of anilines is 2. The number of aryl methyl sites for hydroxylation is 1. The molecule has 2 amide bonds. The number of pyridine rings is 1. The molecule has 0 unspecified atom stereocenters. The molecular weight excluding hydrogens is 404 g/mol. The van der Waals surface area contributed by atoms with Crippen LogP contribution in [0.2, 0.25) is 0 Å². The fourth-order valence-corrected chi connectivity index (χ4v) is 3.78. The number of aromatic nitrogens is 3. The van der Waals surface area contributed by atoms with E-state index in [9.17, 15) is 9.59 Å². The molecule has 1 aliphatic rings. The van der Waals surface area contributed by atoms with Crippen molar-refractivity contribution in [2.75, 3.05) is 36.4 Å². The number of hydrogen-bond donors (Lipinski definition) is 1. The number of hydrogen-bond acceptors (Lipinski definition) is 5. The van der Waals surface area contributed by atoms with E-state index in [1.807, 2.05) is 11.8 Å². The van der Waals surface area contributed by atoms with Gasteiger partial charge in [-0.1, -0.05) is 19.1 Å². The number of nitrogens with one attached hydrogen (secondary N) is 1. The molecule has 3 heterocycles. The number of rotatable bonds is 6. The molecule has 166 valence electrons. The first kappa shape index (κ1) is 21.5. The maximum Gasteiger partial charge on any atom is 0.274 e. The monoisotopic (exact) mass is 432 g/mol. The summed E-state index contributed by atoms with van der Waals surface area (Å²) in [6, 6.07) is 12.0. The van der Waals surface area contributed by atoms with Crippen LogP contribution in [0.25, 0.3) is 5.82 Å². The fourth-order valence-electron chi connectivity index (χ4n) is 3.78. The lowest BCUT2D eigenvalue weighted by atomic mass is 10.2. The summed E-state index contributed by atoms with van der Waals surface area (Å²) in [7, 11) is 0. The Kier molecular flexibility index (Phi) is 6.49. The van der Waals surface area contributed by atoms with Crippen molar-refractivity contribution in [3.8, 4) is 5.82 Å². The van der Waals surface area contributed by atoms with Crippen LogP contribution in [-0.2, 0) is 4.79 Å². The Labute approximate surface area is 187 Å². The minimum absolute atomic E-state index is 0.0277. The topological polar surface area (TPSA) is 83.4 Å². The summed E-state index contributed by atoms with van der Waals surface area (Å²) in [4.78, 5) is 37.5. The molecule has 4 rings (SSSR count). The Morgan fingerprint density at radius 3 is 2.56 bits per heavy atom. The van der Waals surface area contributed by atoms with Crippen molar-refractivity contribution >= 4 is 23.2 Å². The lowest BCUT2D eigenvalue weighted by Crippen LogP contribution is -2.48.